The van der Waals surface area contributed by atoms with E-state index in [9.17, 15) is 9.18 Å². The number of halogens is 1. The number of benzene rings is 2. The first-order chi connectivity index (χ1) is 10.2. The highest BCUT2D eigenvalue weighted by molar-refractivity contribution is 5.98. The Hall–Kier alpha value is -2.62. The summed E-state index contributed by atoms with van der Waals surface area (Å²) in [6.07, 6.45) is 0.228. The Morgan fingerprint density at radius 2 is 1.90 bits per heavy atom. The molecular weight excluding hydrogens is 271 g/mol. The van der Waals surface area contributed by atoms with Crippen molar-refractivity contribution in [2.45, 2.75) is 6.42 Å². The third-order valence-electron chi connectivity index (χ3n) is 3.28. The molecule has 0 N–H and O–H groups in total. The molecule has 3 aromatic rings. The minimum absolute atomic E-state index is 0.142. The molecule has 3 rings (SSSR count). The lowest BCUT2D eigenvalue weighted by Gasteiger charge is -2.01. The van der Waals surface area contributed by atoms with Crippen LogP contribution >= 0.6 is 0 Å². The number of methoxy groups -OCH3 is 1. The SMILES string of the molecule is COc1ccc(CC(=O)c2cc3cc(F)ccc3o2)cc1. The smallest absolute Gasteiger partial charge is 0.202 e. The summed E-state index contributed by atoms with van der Waals surface area (Å²) in [6.45, 7) is 0. The molecule has 0 spiro atoms. The third-order valence-corrected chi connectivity index (χ3v) is 3.28. The maximum Gasteiger partial charge on any atom is 0.202 e. The molecule has 0 saturated heterocycles. The molecule has 0 fully saturated rings. The van der Waals surface area contributed by atoms with Gasteiger partial charge in [-0.1, -0.05) is 12.1 Å². The van der Waals surface area contributed by atoms with Crippen molar-refractivity contribution in [2.75, 3.05) is 7.11 Å². The highest BCUT2D eigenvalue weighted by Gasteiger charge is 2.13. The van der Waals surface area contributed by atoms with Crippen LogP contribution in [-0.2, 0) is 6.42 Å². The summed E-state index contributed by atoms with van der Waals surface area (Å²) in [6, 6.07) is 13.0. The molecule has 0 unspecified atom stereocenters. The summed E-state index contributed by atoms with van der Waals surface area (Å²) in [7, 11) is 1.59. The number of carbonyl (C=O) groups excluding carboxylic acids is 1. The zero-order valence-electron chi connectivity index (χ0n) is 11.4. The van der Waals surface area contributed by atoms with Crippen LogP contribution in [0.5, 0.6) is 5.75 Å². The number of hydrogen-bond donors (Lipinski definition) is 0. The molecule has 0 saturated carbocycles. The van der Waals surface area contributed by atoms with Crippen molar-refractivity contribution in [1.82, 2.24) is 0 Å². The van der Waals surface area contributed by atoms with Crippen molar-refractivity contribution in [3.8, 4) is 5.75 Å². The van der Waals surface area contributed by atoms with Crippen LogP contribution in [0.1, 0.15) is 16.1 Å². The second-order valence-electron chi connectivity index (χ2n) is 4.74. The van der Waals surface area contributed by atoms with Crippen molar-refractivity contribution in [3.05, 3.63) is 65.7 Å². The first-order valence-corrected chi connectivity index (χ1v) is 6.51. The Bertz CT molecular complexity index is 787. The van der Waals surface area contributed by atoms with Gasteiger partial charge in [-0.15, -0.1) is 0 Å². The molecule has 4 heteroatoms. The van der Waals surface area contributed by atoms with Gasteiger partial charge in [-0.25, -0.2) is 4.39 Å². The first-order valence-electron chi connectivity index (χ1n) is 6.51. The molecule has 0 aliphatic heterocycles. The number of furan rings is 1. The van der Waals surface area contributed by atoms with Crippen molar-refractivity contribution in [1.29, 1.82) is 0 Å². The fraction of sp³-hybridized carbons (Fsp3) is 0.118. The van der Waals surface area contributed by atoms with E-state index in [1.54, 1.807) is 25.3 Å². The summed E-state index contributed by atoms with van der Waals surface area (Å²) < 4.78 is 23.7. The predicted octanol–water partition coefficient (Wildman–Crippen LogP) is 4.01. The average molecular weight is 284 g/mol. The van der Waals surface area contributed by atoms with Crippen LogP contribution in [0.4, 0.5) is 4.39 Å². The molecule has 3 nitrogen and oxygen atoms in total. The van der Waals surface area contributed by atoms with E-state index < -0.39 is 0 Å². The van der Waals surface area contributed by atoms with E-state index in [0.29, 0.717) is 11.0 Å². The normalized spacial score (nSPS) is 10.8. The first kappa shape index (κ1) is 13.4. The molecule has 0 atom stereocenters. The molecule has 21 heavy (non-hydrogen) atoms. The number of ketones is 1. The standard InChI is InChI=1S/C17H13FO3/c1-20-14-5-2-11(3-6-14)8-15(19)17-10-12-9-13(18)4-7-16(12)21-17/h2-7,9-10H,8H2,1H3. The van der Waals surface area contributed by atoms with Crippen LogP contribution in [0.3, 0.4) is 0 Å². The van der Waals surface area contributed by atoms with Crippen LogP contribution in [0.2, 0.25) is 0 Å². The summed E-state index contributed by atoms with van der Waals surface area (Å²) in [5.41, 5.74) is 1.38. The zero-order valence-corrected chi connectivity index (χ0v) is 11.4. The number of rotatable bonds is 4. The lowest BCUT2D eigenvalue weighted by molar-refractivity contribution is 0.0968. The van der Waals surface area contributed by atoms with Crippen LogP contribution in [0.15, 0.2) is 52.9 Å². The van der Waals surface area contributed by atoms with Gasteiger partial charge >= 0.3 is 0 Å². The Morgan fingerprint density at radius 3 is 2.62 bits per heavy atom. The van der Waals surface area contributed by atoms with E-state index in [0.717, 1.165) is 11.3 Å². The second kappa shape index (κ2) is 5.40. The summed E-state index contributed by atoms with van der Waals surface area (Å²) in [4.78, 5) is 12.2. The molecular formula is C17H13FO3. The van der Waals surface area contributed by atoms with Crippen molar-refractivity contribution in [3.63, 3.8) is 0 Å². The van der Waals surface area contributed by atoms with E-state index in [-0.39, 0.29) is 23.8 Å². The lowest BCUT2D eigenvalue weighted by Crippen LogP contribution is -2.01. The molecule has 1 heterocycles. The monoisotopic (exact) mass is 284 g/mol. The summed E-state index contributed by atoms with van der Waals surface area (Å²) in [5.74, 6) is 0.492. The largest absolute Gasteiger partial charge is 0.497 e. The van der Waals surface area contributed by atoms with Crippen molar-refractivity contribution in [2.24, 2.45) is 0 Å². The minimum Gasteiger partial charge on any atom is -0.497 e. The molecule has 2 aromatic carbocycles. The second-order valence-corrected chi connectivity index (χ2v) is 4.74. The topological polar surface area (TPSA) is 39.4 Å². The van der Waals surface area contributed by atoms with Crippen LogP contribution in [0.25, 0.3) is 11.0 Å². The van der Waals surface area contributed by atoms with Gasteiger partial charge in [0.25, 0.3) is 0 Å². The number of Topliss-reactive ketones (excluding diaryl/α,β-unsaturated/α-hetero) is 1. The number of hydrogen-bond acceptors (Lipinski definition) is 3. The maximum atomic E-state index is 13.1. The van der Waals surface area contributed by atoms with Crippen molar-refractivity contribution < 1.29 is 18.3 Å². The van der Waals surface area contributed by atoms with Crippen molar-refractivity contribution >= 4 is 16.8 Å². The highest BCUT2D eigenvalue weighted by Crippen LogP contribution is 2.22. The molecule has 0 bridgehead atoms. The molecule has 0 aliphatic rings. The number of carbonyl (C=O) groups is 1. The summed E-state index contributed by atoms with van der Waals surface area (Å²) in [5, 5.41) is 0.591. The molecule has 1 aromatic heterocycles. The minimum atomic E-state index is -0.350. The van der Waals surface area contributed by atoms with Gasteiger partial charge in [0.05, 0.1) is 7.11 Å². The van der Waals surface area contributed by atoms with E-state index >= 15 is 0 Å². The van der Waals surface area contributed by atoms with Gasteiger partial charge in [-0.05, 0) is 42.0 Å². The third kappa shape index (κ3) is 2.79. The molecule has 0 radical (unpaired) electrons. The van der Waals surface area contributed by atoms with Crippen LogP contribution < -0.4 is 4.74 Å². The van der Waals surface area contributed by atoms with E-state index in [2.05, 4.69) is 0 Å². The fourth-order valence-corrected chi connectivity index (χ4v) is 2.17. The fourth-order valence-electron chi connectivity index (χ4n) is 2.17. The quantitative estimate of drug-likeness (QED) is 0.680. The number of ether oxygens (including phenoxy) is 1. The molecule has 106 valence electrons. The van der Waals surface area contributed by atoms with Gasteiger partial charge < -0.3 is 9.15 Å². The van der Waals surface area contributed by atoms with E-state index in [1.165, 1.54) is 18.2 Å². The lowest BCUT2D eigenvalue weighted by atomic mass is 10.1. The Kier molecular flexibility index (Phi) is 3.44. The van der Waals surface area contributed by atoms with Gasteiger partial charge in [-0.3, -0.25) is 4.79 Å². The van der Waals surface area contributed by atoms with Crippen LogP contribution in [-0.4, -0.2) is 12.9 Å². The van der Waals surface area contributed by atoms with Gasteiger partial charge in [0.15, 0.2) is 5.76 Å². The van der Waals surface area contributed by atoms with Gasteiger partial charge in [-0.2, -0.15) is 0 Å². The molecule has 0 amide bonds. The Balaban J connectivity index is 1.82. The van der Waals surface area contributed by atoms with Gasteiger partial charge in [0.2, 0.25) is 5.78 Å². The van der Waals surface area contributed by atoms with Crippen LogP contribution in [0, 0.1) is 5.82 Å². The van der Waals surface area contributed by atoms with E-state index in [4.69, 9.17) is 9.15 Å². The number of fused-ring (bicyclic) bond motifs is 1. The molecule has 0 aliphatic carbocycles. The average Bonchev–Trinajstić information content (AvgIpc) is 2.91. The summed E-state index contributed by atoms with van der Waals surface area (Å²) >= 11 is 0. The maximum absolute atomic E-state index is 13.1. The Morgan fingerprint density at radius 1 is 1.14 bits per heavy atom. The van der Waals surface area contributed by atoms with Gasteiger partial charge in [0, 0.05) is 11.8 Å². The zero-order chi connectivity index (χ0) is 14.8. The predicted molar refractivity (Wildman–Crippen MR) is 77.2 cm³/mol. The van der Waals surface area contributed by atoms with E-state index in [1.807, 2.05) is 12.1 Å². The Labute approximate surface area is 120 Å². The van der Waals surface area contributed by atoms with Gasteiger partial charge in [0.1, 0.15) is 17.1 Å². The highest BCUT2D eigenvalue weighted by atomic mass is 19.1.